The van der Waals surface area contributed by atoms with Crippen LogP contribution in [0.2, 0.25) is 0 Å². The Hall–Kier alpha value is -1.80. The fraction of sp³-hybridized carbons (Fsp3) is 0.312. The van der Waals surface area contributed by atoms with E-state index in [1.165, 1.54) is 12.3 Å². The van der Waals surface area contributed by atoms with Crippen LogP contribution in [-0.4, -0.2) is 29.0 Å². The topological polar surface area (TPSA) is 79.5 Å². The summed E-state index contributed by atoms with van der Waals surface area (Å²) >= 11 is 5.24. The van der Waals surface area contributed by atoms with Gasteiger partial charge in [-0.15, -0.1) is 0 Å². The lowest BCUT2D eigenvalue weighted by Crippen LogP contribution is -2.46. The zero-order valence-electron chi connectivity index (χ0n) is 13.3. The van der Waals surface area contributed by atoms with E-state index in [4.69, 9.17) is 4.52 Å². The van der Waals surface area contributed by atoms with E-state index >= 15 is 0 Å². The largest absolute Gasteiger partial charge is 0.356 e. The van der Waals surface area contributed by atoms with Crippen molar-refractivity contribution in [1.29, 1.82) is 0 Å². The average molecular weight is 409 g/mol. The molecule has 2 heterocycles. The van der Waals surface area contributed by atoms with Crippen molar-refractivity contribution in [2.45, 2.75) is 18.9 Å². The van der Waals surface area contributed by atoms with Crippen molar-refractivity contribution in [2.75, 3.05) is 18.1 Å². The Labute approximate surface area is 152 Å². The van der Waals surface area contributed by atoms with Gasteiger partial charge in [0, 0.05) is 29.0 Å². The number of carbonyl (C=O) groups is 1. The molecule has 1 amide bonds. The fourth-order valence-corrected chi connectivity index (χ4v) is 4.15. The number of anilines is 1. The van der Waals surface area contributed by atoms with Crippen molar-refractivity contribution >= 4 is 44.5 Å². The molecule has 1 aliphatic rings. The average Bonchev–Trinajstić information content (AvgIpc) is 3.09. The number of thioether (sulfide) groups is 1. The molecule has 1 unspecified atom stereocenters. The Morgan fingerprint density at radius 3 is 3.04 bits per heavy atom. The van der Waals surface area contributed by atoms with Crippen LogP contribution in [0.5, 0.6) is 0 Å². The number of carbonyl (C=O) groups excluding carboxylic acids is 1. The first-order valence-corrected chi connectivity index (χ1v) is 9.19. The number of aromatic nitrogens is 1. The molecule has 24 heavy (non-hydrogen) atoms. The number of hydrogen-bond donors (Lipinski definition) is 2. The van der Waals surface area contributed by atoms with Gasteiger partial charge in [0.05, 0.1) is 11.7 Å². The number of rotatable bonds is 3. The van der Waals surface area contributed by atoms with Crippen molar-refractivity contribution in [3.63, 3.8) is 0 Å². The van der Waals surface area contributed by atoms with Gasteiger partial charge >= 0.3 is 0 Å². The maximum Gasteiger partial charge on any atom is 0.294 e. The van der Waals surface area contributed by atoms with Crippen LogP contribution in [0.3, 0.4) is 0 Å². The minimum atomic E-state index is -0.329. The van der Waals surface area contributed by atoms with Gasteiger partial charge in [-0.2, -0.15) is 0 Å². The Morgan fingerprint density at radius 2 is 2.33 bits per heavy atom. The molecule has 126 valence electrons. The Kier molecular flexibility index (Phi) is 4.96. The summed E-state index contributed by atoms with van der Waals surface area (Å²) in [6.45, 7) is 2.14. The third-order valence-corrected chi connectivity index (χ3v) is 5.31. The lowest BCUT2D eigenvalue weighted by molar-refractivity contribution is 0.0988. The van der Waals surface area contributed by atoms with Crippen LogP contribution in [0, 0.1) is 0 Å². The summed E-state index contributed by atoms with van der Waals surface area (Å²) in [5.41, 5.74) is 1.53. The normalized spacial score (nSPS) is 22.2. The Balaban J connectivity index is 1.87. The third kappa shape index (κ3) is 3.64. The van der Waals surface area contributed by atoms with E-state index in [1.807, 2.05) is 12.1 Å². The molecule has 1 aliphatic heterocycles. The number of benzene rings is 1. The van der Waals surface area contributed by atoms with E-state index < -0.39 is 0 Å². The Bertz CT molecular complexity index is 778. The zero-order valence-corrected chi connectivity index (χ0v) is 15.7. The zero-order chi connectivity index (χ0) is 17.2. The molecular weight excluding hydrogens is 392 g/mol. The highest BCUT2D eigenvalue weighted by molar-refractivity contribution is 9.10. The Morgan fingerprint density at radius 1 is 1.50 bits per heavy atom. The van der Waals surface area contributed by atoms with Crippen molar-refractivity contribution in [3.05, 3.63) is 46.3 Å². The second-order valence-electron chi connectivity index (χ2n) is 5.64. The summed E-state index contributed by atoms with van der Waals surface area (Å²) in [6.07, 6.45) is 2.40. The molecule has 2 N–H and O–H groups in total. The summed E-state index contributed by atoms with van der Waals surface area (Å²) in [4.78, 5) is 16.4. The van der Waals surface area contributed by atoms with E-state index in [0.29, 0.717) is 5.69 Å². The number of aliphatic imine (C=N–C) groups is 1. The molecular formula is C16H17BrN4O2S. The summed E-state index contributed by atoms with van der Waals surface area (Å²) in [6, 6.07) is 7.41. The van der Waals surface area contributed by atoms with Gasteiger partial charge in [-0.05, 0) is 37.1 Å². The summed E-state index contributed by atoms with van der Waals surface area (Å²) in [5, 5.41) is 10.8. The third-order valence-electron chi connectivity index (χ3n) is 3.88. The van der Waals surface area contributed by atoms with Crippen LogP contribution in [-0.2, 0) is 5.54 Å². The number of amides is 1. The van der Waals surface area contributed by atoms with Gasteiger partial charge in [0.1, 0.15) is 0 Å². The van der Waals surface area contributed by atoms with Crippen molar-refractivity contribution in [2.24, 2.45) is 4.99 Å². The van der Waals surface area contributed by atoms with Crippen molar-refractivity contribution in [3.8, 4) is 0 Å². The first-order chi connectivity index (χ1) is 11.5. The van der Waals surface area contributed by atoms with Crippen molar-refractivity contribution < 1.29 is 9.32 Å². The minimum absolute atomic E-state index is 0.176. The van der Waals surface area contributed by atoms with E-state index in [9.17, 15) is 4.79 Å². The first-order valence-electron chi connectivity index (χ1n) is 7.41. The maximum absolute atomic E-state index is 12.2. The number of nitrogens with one attached hydrogen (secondary N) is 2. The van der Waals surface area contributed by atoms with Crippen LogP contribution in [0.1, 0.15) is 29.5 Å². The molecule has 1 aromatic heterocycles. The van der Waals surface area contributed by atoms with Crippen LogP contribution in [0.4, 0.5) is 5.69 Å². The molecule has 1 aromatic carbocycles. The molecule has 1 saturated heterocycles. The molecule has 6 nitrogen and oxygen atoms in total. The predicted molar refractivity (Wildman–Crippen MR) is 99.5 cm³/mol. The molecule has 8 heteroatoms. The number of amidine groups is 1. The summed E-state index contributed by atoms with van der Waals surface area (Å²) in [5.74, 6) is 0.836. The van der Waals surface area contributed by atoms with Gasteiger partial charge in [0.2, 0.25) is 5.76 Å². The van der Waals surface area contributed by atoms with Crippen molar-refractivity contribution in [1.82, 2.24) is 10.5 Å². The van der Waals surface area contributed by atoms with Gasteiger partial charge in [-0.25, -0.2) is 0 Å². The summed E-state index contributed by atoms with van der Waals surface area (Å²) in [7, 11) is 1.78. The minimum Gasteiger partial charge on any atom is -0.356 e. The standard InChI is InChI=1S/C16H17BrN4O2S/c1-16(4-6-24-15(18-2)21-16)10-7-11(17)9-12(8-10)20-14(22)13-3-5-19-23-13/h3,5,7-9H,4,6H2,1-2H3,(H,18,21)(H,20,22). The number of nitrogens with zero attached hydrogens (tertiary/aromatic N) is 2. The molecule has 1 fully saturated rings. The molecule has 0 spiro atoms. The highest BCUT2D eigenvalue weighted by Crippen LogP contribution is 2.34. The molecule has 0 bridgehead atoms. The second kappa shape index (κ2) is 6.98. The maximum atomic E-state index is 12.2. The smallest absolute Gasteiger partial charge is 0.294 e. The molecule has 0 aliphatic carbocycles. The van der Waals surface area contributed by atoms with E-state index in [1.54, 1.807) is 18.8 Å². The highest BCUT2D eigenvalue weighted by atomic mass is 79.9. The fourth-order valence-electron chi connectivity index (χ4n) is 2.53. The summed E-state index contributed by atoms with van der Waals surface area (Å²) < 4.78 is 5.78. The molecule has 2 aromatic rings. The van der Waals surface area contributed by atoms with Crippen LogP contribution < -0.4 is 10.6 Å². The number of halogens is 1. The molecule has 0 radical (unpaired) electrons. The predicted octanol–water partition coefficient (Wildman–Crippen LogP) is 3.62. The van der Waals surface area contributed by atoms with Gasteiger partial charge < -0.3 is 15.2 Å². The lowest BCUT2D eigenvalue weighted by Gasteiger charge is -2.36. The number of hydrogen-bond acceptors (Lipinski definition) is 5. The van der Waals surface area contributed by atoms with Crippen LogP contribution in [0.15, 0.2) is 44.5 Å². The SMILES string of the molecule is CN=C1NC(C)(c2cc(Br)cc(NC(=O)c3ccno3)c2)CCS1. The van der Waals surface area contributed by atoms with E-state index in [2.05, 4.69) is 49.7 Å². The van der Waals surface area contributed by atoms with Gasteiger partial charge in [-0.1, -0.05) is 32.8 Å². The van der Waals surface area contributed by atoms with Gasteiger partial charge in [0.15, 0.2) is 5.17 Å². The highest BCUT2D eigenvalue weighted by Gasteiger charge is 2.32. The quantitative estimate of drug-likeness (QED) is 0.810. The lowest BCUT2D eigenvalue weighted by atomic mass is 9.89. The van der Waals surface area contributed by atoms with E-state index in [-0.39, 0.29) is 17.2 Å². The first kappa shape index (κ1) is 17.0. The molecule has 0 saturated carbocycles. The molecule has 3 rings (SSSR count). The molecule has 1 atom stereocenters. The monoisotopic (exact) mass is 408 g/mol. The van der Waals surface area contributed by atoms with Gasteiger partial charge in [0.25, 0.3) is 5.91 Å². The second-order valence-corrected chi connectivity index (χ2v) is 7.64. The van der Waals surface area contributed by atoms with Gasteiger partial charge in [-0.3, -0.25) is 9.79 Å². The van der Waals surface area contributed by atoms with E-state index in [0.717, 1.165) is 27.4 Å². The van der Waals surface area contributed by atoms with Crippen LogP contribution in [0.25, 0.3) is 0 Å². The van der Waals surface area contributed by atoms with Crippen LogP contribution >= 0.6 is 27.7 Å².